The van der Waals surface area contributed by atoms with Crippen LogP contribution in [0.1, 0.15) is 58.8 Å². The zero-order valence-corrected chi connectivity index (χ0v) is 11.9. The van der Waals surface area contributed by atoms with Crippen molar-refractivity contribution in [3.8, 4) is 0 Å². The fourth-order valence-electron chi connectivity index (χ4n) is 3.10. The first-order chi connectivity index (χ1) is 8.18. The maximum Gasteiger partial charge on any atom is 0.0192 e. The lowest BCUT2D eigenvalue weighted by Crippen LogP contribution is -2.46. The molecule has 0 spiro atoms. The van der Waals surface area contributed by atoms with Crippen LogP contribution < -0.4 is 5.32 Å². The highest BCUT2D eigenvalue weighted by atomic mass is 15.2. The molecule has 17 heavy (non-hydrogen) atoms. The lowest BCUT2D eigenvalue weighted by molar-refractivity contribution is 0.169. The van der Waals surface area contributed by atoms with Crippen molar-refractivity contribution in [3.05, 3.63) is 0 Å². The topological polar surface area (TPSA) is 15.3 Å². The number of likely N-dealkylation sites (N-methyl/N-ethyl adjacent to an activating group) is 1. The molecule has 0 aromatic carbocycles. The smallest absolute Gasteiger partial charge is 0.0192 e. The van der Waals surface area contributed by atoms with Crippen LogP contribution in [0.2, 0.25) is 0 Å². The van der Waals surface area contributed by atoms with E-state index in [4.69, 9.17) is 0 Å². The predicted molar refractivity (Wildman–Crippen MR) is 74.3 cm³/mol. The third-order valence-corrected chi connectivity index (χ3v) is 4.95. The summed E-state index contributed by atoms with van der Waals surface area (Å²) in [6.07, 6.45) is 10.0. The maximum atomic E-state index is 3.77. The Kier molecular flexibility index (Phi) is 4.87. The molecule has 2 fully saturated rings. The third-order valence-electron chi connectivity index (χ3n) is 4.95. The van der Waals surface area contributed by atoms with E-state index >= 15 is 0 Å². The van der Waals surface area contributed by atoms with Crippen molar-refractivity contribution in [1.82, 2.24) is 10.2 Å². The quantitative estimate of drug-likeness (QED) is 0.765. The normalized spacial score (nSPS) is 26.1. The summed E-state index contributed by atoms with van der Waals surface area (Å²) in [5, 5.41) is 3.77. The van der Waals surface area contributed by atoms with Gasteiger partial charge in [0.2, 0.25) is 0 Å². The van der Waals surface area contributed by atoms with Crippen LogP contribution in [0.3, 0.4) is 0 Å². The van der Waals surface area contributed by atoms with E-state index in [1.54, 1.807) is 0 Å². The van der Waals surface area contributed by atoms with Gasteiger partial charge >= 0.3 is 0 Å². The van der Waals surface area contributed by atoms with Crippen molar-refractivity contribution >= 4 is 0 Å². The van der Waals surface area contributed by atoms with Crippen molar-refractivity contribution < 1.29 is 0 Å². The first-order valence-corrected chi connectivity index (χ1v) is 7.64. The maximum absolute atomic E-state index is 3.77. The minimum atomic E-state index is 0.674. The Bertz CT molecular complexity index is 219. The SMILES string of the molecule is CC(CNC1CCCCC1)N(C)C(C)C1CC1. The van der Waals surface area contributed by atoms with E-state index in [1.807, 2.05) is 0 Å². The molecule has 2 rings (SSSR count). The second kappa shape index (κ2) is 6.19. The molecule has 100 valence electrons. The largest absolute Gasteiger partial charge is 0.312 e. The Morgan fingerprint density at radius 2 is 1.71 bits per heavy atom. The van der Waals surface area contributed by atoms with Gasteiger partial charge in [0.15, 0.2) is 0 Å². The Hall–Kier alpha value is -0.0800. The predicted octanol–water partition coefficient (Wildman–Crippen LogP) is 3.03. The molecule has 0 amide bonds. The molecule has 2 atom stereocenters. The molecule has 0 bridgehead atoms. The van der Waals surface area contributed by atoms with E-state index in [1.165, 1.54) is 44.9 Å². The van der Waals surface area contributed by atoms with Gasteiger partial charge in [-0.15, -0.1) is 0 Å². The Labute approximate surface area is 107 Å². The van der Waals surface area contributed by atoms with Crippen LogP contribution in [-0.4, -0.2) is 36.6 Å². The number of nitrogens with zero attached hydrogens (tertiary/aromatic N) is 1. The molecule has 0 radical (unpaired) electrons. The minimum Gasteiger partial charge on any atom is -0.312 e. The number of nitrogens with one attached hydrogen (secondary N) is 1. The first kappa shape index (κ1) is 13.4. The second-order valence-electron chi connectivity index (χ2n) is 6.34. The average molecular weight is 238 g/mol. The zero-order chi connectivity index (χ0) is 12.3. The van der Waals surface area contributed by atoms with Gasteiger partial charge in [0.05, 0.1) is 0 Å². The summed E-state index contributed by atoms with van der Waals surface area (Å²) >= 11 is 0. The van der Waals surface area contributed by atoms with Crippen molar-refractivity contribution in [1.29, 1.82) is 0 Å². The van der Waals surface area contributed by atoms with Gasteiger partial charge in [-0.3, -0.25) is 4.90 Å². The summed E-state index contributed by atoms with van der Waals surface area (Å²) in [6.45, 7) is 5.93. The molecule has 1 N–H and O–H groups in total. The molecule has 2 nitrogen and oxygen atoms in total. The van der Waals surface area contributed by atoms with Gasteiger partial charge in [-0.25, -0.2) is 0 Å². The van der Waals surface area contributed by atoms with E-state index < -0.39 is 0 Å². The van der Waals surface area contributed by atoms with Gasteiger partial charge in [0.25, 0.3) is 0 Å². The molecule has 2 heteroatoms. The summed E-state index contributed by atoms with van der Waals surface area (Å²) in [5.41, 5.74) is 0. The number of hydrogen-bond acceptors (Lipinski definition) is 2. The third kappa shape index (κ3) is 3.96. The highest BCUT2D eigenvalue weighted by molar-refractivity contribution is 4.86. The summed E-state index contributed by atoms with van der Waals surface area (Å²) < 4.78 is 0. The van der Waals surface area contributed by atoms with Crippen LogP contribution in [0.5, 0.6) is 0 Å². The molecule has 0 saturated heterocycles. The average Bonchev–Trinajstić information content (AvgIpc) is 3.19. The van der Waals surface area contributed by atoms with Crippen LogP contribution in [-0.2, 0) is 0 Å². The van der Waals surface area contributed by atoms with Crippen LogP contribution in [0.4, 0.5) is 0 Å². The molecule has 0 aromatic heterocycles. The fraction of sp³-hybridized carbons (Fsp3) is 1.00. The lowest BCUT2D eigenvalue weighted by Gasteiger charge is -2.33. The van der Waals surface area contributed by atoms with Crippen molar-refractivity contribution in [3.63, 3.8) is 0 Å². The first-order valence-electron chi connectivity index (χ1n) is 7.64. The lowest BCUT2D eigenvalue weighted by atomic mass is 9.95. The molecule has 0 heterocycles. The summed E-state index contributed by atoms with van der Waals surface area (Å²) in [5.74, 6) is 0.983. The molecular weight excluding hydrogens is 208 g/mol. The molecule has 2 saturated carbocycles. The molecule has 0 aromatic rings. The van der Waals surface area contributed by atoms with Gasteiger partial charge in [-0.1, -0.05) is 19.3 Å². The molecule has 0 aliphatic heterocycles. The van der Waals surface area contributed by atoms with Crippen molar-refractivity contribution in [2.24, 2.45) is 5.92 Å². The van der Waals surface area contributed by atoms with E-state index in [0.717, 1.165) is 24.5 Å². The molecular formula is C15H30N2. The minimum absolute atomic E-state index is 0.674. The Balaban J connectivity index is 1.66. The van der Waals surface area contributed by atoms with Crippen LogP contribution in [0, 0.1) is 5.92 Å². The molecule has 2 aliphatic rings. The summed E-state index contributed by atoms with van der Waals surface area (Å²) in [7, 11) is 2.30. The van der Waals surface area contributed by atoms with Gasteiger partial charge < -0.3 is 5.32 Å². The van der Waals surface area contributed by atoms with Gasteiger partial charge in [-0.05, 0) is 52.5 Å². The molecule has 2 aliphatic carbocycles. The van der Waals surface area contributed by atoms with Crippen LogP contribution in [0.25, 0.3) is 0 Å². The highest BCUT2D eigenvalue weighted by Crippen LogP contribution is 2.35. The number of hydrogen-bond donors (Lipinski definition) is 1. The van der Waals surface area contributed by atoms with E-state index in [-0.39, 0.29) is 0 Å². The van der Waals surface area contributed by atoms with Crippen LogP contribution >= 0.6 is 0 Å². The van der Waals surface area contributed by atoms with Gasteiger partial charge in [0.1, 0.15) is 0 Å². The molecule has 2 unspecified atom stereocenters. The van der Waals surface area contributed by atoms with Crippen LogP contribution in [0.15, 0.2) is 0 Å². The Morgan fingerprint density at radius 1 is 1.06 bits per heavy atom. The van der Waals surface area contributed by atoms with Crippen molar-refractivity contribution in [2.45, 2.75) is 76.9 Å². The zero-order valence-electron chi connectivity index (χ0n) is 11.9. The summed E-state index contributed by atoms with van der Waals surface area (Å²) in [4.78, 5) is 2.58. The Morgan fingerprint density at radius 3 is 2.29 bits per heavy atom. The van der Waals surface area contributed by atoms with Gasteiger partial charge in [-0.2, -0.15) is 0 Å². The van der Waals surface area contributed by atoms with E-state index in [9.17, 15) is 0 Å². The monoisotopic (exact) mass is 238 g/mol. The fourth-order valence-corrected chi connectivity index (χ4v) is 3.10. The van der Waals surface area contributed by atoms with E-state index in [0.29, 0.717) is 6.04 Å². The number of rotatable bonds is 6. The van der Waals surface area contributed by atoms with Crippen molar-refractivity contribution in [2.75, 3.05) is 13.6 Å². The highest BCUT2D eigenvalue weighted by Gasteiger charge is 2.32. The van der Waals surface area contributed by atoms with E-state index in [2.05, 4.69) is 31.1 Å². The van der Waals surface area contributed by atoms with Gasteiger partial charge in [0, 0.05) is 24.7 Å². The second-order valence-corrected chi connectivity index (χ2v) is 6.34. The standard InChI is InChI=1S/C15H30N2/c1-12(17(3)13(2)14-9-10-14)11-16-15-7-5-4-6-8-15/h12-16H,4-11H2,1-3H3. The summed E-state index contributed by atoms with van der Waals surface area (Å²) in [6, 6.07) is 2.25.